The van der Waals surface area contributed by atoms with Crippen molar-refractivity contribution in [2.75, 3.05) is 33.5 Å². The summed E-state index contributed by atoms with van der Waals surface area (Å²) in [6, 6.07) is 3.72. The highest BCUT2D eigenvalue weighted by Crippen LogP contribution is 2.37. The Kier molecular flexibility index (Phi) is 7.57. The van der Waals surface area contributed by atoms with Gasteiger partial charge in [-0.05, 0) is 72.0 Å². The number of hydrogen-bond donors (Lipinski definition) is 0. The number of imide groups is 1. The van der Waals surface area contributed by atoms with E-state index in [-0.39, 0.29) is 17.7 Å². The molecule has 0 unspecified atom stereocenters. The molecule has 8 heteroatoms. The zero-order valence-electron chi connectivity index (χ0n) is 14.3. The minimum Gasteiger partial charge on any atom is -0.490 e. The number of methoxy groups -OCH3 is 1. The second kappa shape index (κ2) is 9.44. The number of rotatable bonds is 8. The van der Waals surface area contributed by atoms with Gasteiger partial charge in [0.05, 0.1) is 34.8 Å². The monoisotopic (exact) mass is 477 g/mol. The number of nitrogens with zero attached hydrogens (tertiary/aromatic N) is 1. The summed E-state index contributed by atoms with van der Waals surface area (Å²) in [6.07, 6.45) is 1.71. The van der Waals surface area contributed by atoms with E-state index in [4.69, 9.17) is 14.2 Å². The van der Waals surface area contributed by atoms with Crippen molar-refractivity contribution in [3.05, 3.63) is 26.2 Å². The minimum atomic E-state index is -0.297. The van der Waals surface area contributed by atoms with Gasteiger partial charge in [-0.15, -0.1) is 0 Å². The SMILES string of the molecule is CCOc1cc(/C=C2/SC(=O)N(CCOC)C2=O)cc(I)c1OCC. The van der Waals surface area contributed by atoms with E-state index in [1.54, 1.807) is 6.08 Å². The molecule has 1 fully saturated rings. The van der Waals surface area contributed by atoms with Crippen LogP contribution in [0.3, 0.4) is 0 Å². The summed E-state index contributed by atoms with van der Waals surface area (Å²) in [5.41, 5.74) is 0.786. The smallest absolute Gasteiger partial charge is 0.293 e. The number of carbonyl (C=O) groups excluding carboxylic acids is 2. The molecule has 0 bridgehead atoms. The largest absolute Gasteiger partial charge is 0.490 e. The third kappa shape index (κ3) is 4.89. The first-order valence-corrected chi connectivity index (χ1v) is 9.74. The molecule has 1 heterocycles. The second-order valence-electron chi connectivity index (χ2n) is 5.02. The molecule has 0 aromatic heterocycles. The fraction of sp³-hybridized carbons (Fsp3) is 0.412. The molecule has 0 spiro atoms. The van der Waals surface area contributed by atoms with Crippen LogP contribution in [-0.4, -0.2) is 49.5 Å². The molecule has 6 nitrogen and oxygen atoms in total. The van der Waals surface area contributed by atoms with Gasteiger partial charge >= 0.3 is 0 Å². The first-order chi connectivity index (χ1) is 12.0. The van der Waals surface area contributed by atoms with Gasteiger partial charge in [-0.25, -0.2) is 0 Å². The van der Waals surface area contributed by atoms with Crippen LogP contribution in [0.4, 0.5) is 4.79 Å². The average Bonchev–Trinajstić information content (AvgIpc) is 2.83. The molecule has 1 saturated heterocycles. The number of benzene rings is 1. The van der Waals surface area contributed by atoms with Gasteiger partial charge in [0.15, 0.2) is 11.5 Å². The van der Waals surface area contributed by atoms with E-state index in [1.807, 2.05) is 26.0 Å². The Morgan fingerprint density at radius 2 is 1.92 bits per heavy atom. The van der Waals surface area contributed by atoms with Gasteiger partial charge in [-0.3, -0.25) is 14.5 Å². The van der Waals surface area contributed by atoms with Gasteiger partial charge in [0.25, 0.3) is 11.1 Å². The van der Waals surface area contributed by atoms with Crippen LogP contribution in [0.25, 0.3) is 6.08 Å². The molecule has 2 rings (SSSR count). The van der Waals surface area contributed by atoms with Crippen LogP contribution in [-0.2, 0) is 9.53 Å². The Morgan fingerprint density at radius 3 is 2.56 bits per heavy atom. The van der Waals surface area contributed by atoms with Crippen LogP contribution in [0.5, 0.6) is 11.5 Å². The number of amides is 2. The molecular formula is C17H20INO5S. The second-order valence-corrected chi connectivity index (χ2v) is 7.18. The van der Waals surface area contributed by atoms with Crippen molar-refractivity contribution < 1.29 is 23.8 Å². The molecule has 1 aliphatic rings. The Labute approximate surface area is 165 Å². The summed E-state index contributed by atoms with van der Waals surface area (Å²) < 4.78 is 17.1. The van der Waals surface area contributed by atoms with E-state index in [1.165, 1.54) is 12.0 Å². The quantitative estimate of drug-likeness (QED) is 0.420. The molecular weight excluding hydrogens is 457 g/mol. The van der Waals surface area contributed by atoms with Crippen LogP contribution in [0.1, 0.15) is 19.4 Å². The number of thioether (sulfide) groups is 1. The summed E-state index contributed by atoms with van der Waals surface area (Å²) in [4.78, 5) is 26.0. The lowest BCUT2D eigenvalue weighted by Crippen LogP contribution is -2.31. The highest BCUT2D eigenvalue weighted by Gasteiger charge is 2.34. The first-order valence-electron chi connectivity index (χ1n) is 7.85. The van der Waals surface area contributed by atoms with Gasteiger partial charge in [-0.2, -0.15) is 0 Å². The third-order valence-corrected chi connectivity index (χ3v) is 5.02. The van der Waals surface area contributed by atoms with Crippen LogP contribution in [0.2, 0.25) is 0 Å². The normalized spacial score (nSPS) is 16.0. The van der Waals surface area contributed by atoms with Crippen LogP contribution < -0.4 is 9.47 Å². The average molecular weight is 477 g/mol. The summed E-state index contributed by atoms with van der Waals surface area (Å²) in [7, 11) is 1.53. The highest BCUT2D eigenvalue weighted by atomic mass is 127. The number of hydrogen-bond acceptors (Lipinski definition) is 6. The Balaban J connectivity index is 2.31. The van der Waals surface area contributed by atoms with Crippen molar-refractivity contribution in [3.63, 3.8) is 0 Å². The lowest BCUT2D eigenvalue weighted by Gasteiger charge is -2.14. The molecule has 0 aliphatic carbocycles. The zero-order valence-corrected chi connectivity index (χ0v) is 17.3. The van der Waals surface area contributed by atoms with Crippen molar-refractivity contribution in [1.82, 2.24) is 4.90 Å². The molecule has 136 valence electrons. The number of halogens is 1. The van der Waals surface area contributed by atoms with Crippen LogP contribution in [0, 0.1) is 3.57 Å². The van der Waals surface area contributed by atoms with Crippen molar-refractivity contribution in [2.24, 2.45) is 0 Å². The minimum absolute atomic E-state index is 0.253. The van der Waals surface area contributed by atoms with Gasteiger partial charge < -0.3 is 14.2 Å². The molecule has 1 aromatic carbocycles. The van der Waals surface area contributed by atoms with E-state index >= 15 is 0 Å². The van der Waals surface area contributed by atoms with Gasteiger partial charge in [-0.1, -0.05) is 0 Å². The molecule has 0 N–H and O–H groups in total. The maximum atomic E-state index is 12.4. The Bertz CT molecular complexity index is 692. The highest BCUT2D eigenvalue weighted by molar-refractivity contribution is 14.1. The third-order valence-electron chi connectivity index (χ3n) is 3.31. The Morgan fingerprint density at radius 1 is 1.20 bits per heavy atom. The summed E-state index contributed by atoms with van der Waals surface area (Å²) in [6.45, 7) is 5.43. The number of carbonyl (C=O) groups is 2. The predicted octanol–water partition coefficient (Wildman–Crippen LogP) is 3.77. The molecule has 2 amide bonds. The van der Waals surface area contributed by atoms with E-state index < -0.39 is 0 Å². The topological polar surface area (TPSA) is 65.1 Å². The Hall–Kier alpha value is -1.26. The zero-order chi connectivity index (χ0) is 18.4. The van der Waals surface area contributed by atoms with Crippen molar-refractivity contribution in [2.45, 2.75) is 13.8 Å². The standard InChI is InChI=1S/C17H20INO5S/c1-4-23-13-9-11(8-12(18)15(13)24-5-2)10-14-16(20)19(6-7-22-3)17(21)25-14/h8-10H,4-7H2,1-3H3/b14-10+. The summed E-state index contributed by atoms with van der Waals surface area (Å²) >= 11 is 3.11. The molecule has 25 heavy (non-hydrogen) atoms. The van der Waals surface area contributed by atoms with Crippen molar-refractivity contribution in [1.29, 1.82) is 0 Å². The maximum Gasteiger partial charge on any atom is 0.293 e. The fourth-order valence-corrected chi connectivity index (χ4v) is 3.89. The van der Waals surface area contributed by atoms with E-state index in [0.717, 1.165) is 20.9 Å². The predicted molar refractivity (Wildman–Crippen MR) is 106 cm³/mol. The summed E-state index contributed by atoms with van der Waals surface area (Å²) in [5, 5.41) is -0.279. The lowest BCUT2D eigenvalue weighted by atomic mass is 10.2. The van der Waals surface area contributed by atoms with Crippen molar-refractivity contribution in [3.8, 4) is 11.5 Å². The molecule has 1 aromatic rings. The summed E-state index contributed by atoms with van der Waals surface area (Å²) in [5.74, 6) is 1.02. The van der Waals surface area contributed by atoms with E-state index in [9.17, 15) is 9.59 Å². The number of ether oxygens (including phenoxy) is 3. The van der Waals surface area contributed by atoms with E-state index in [0.29, 0.717) is 36.2 Å². The molecule has 0 atom stereocenters. The van der Waals surface area contributed by atoms with Crippen LogP contribution >= 0.6 is 34.4 Å². The lowest BCUT2D eigenvalue weighted by molar-refractivity contribution is -0.123. The van der Waals surface area contributed by atoms with Crippen molar-refractivity contribution >= 4 is 51.6 Å². The van der Waals surface area contributed by atoms with Gasteiger partial charge in [0.2, 0.25) is 0 Å². The first kappa shape index (κ1) is 20.1. The van der Waals surface area contributed by atoms with E-state index in [2.05, 4.69) is 22.6 Å². The molecule has 0 saturated carbocycles. The fourth-order valence-electron chi connectivity index (χ4n) is 2.25. The van der Waals surface area contributed by atoms with Crippen LogP contribution in [0.15, 0.2) is 17.0 Å². The molecule has 0 radical (unpaired) electrons. The van der Waals surface area contributed by atoms with Gasteiger partial charge in [0, 0.05) is 7.11 Å². The molecule has 1 aliphatic heterocycles. The van der Waals surface area contributed by atoms with Gasteiger partial charge in [0.1, 0.15) is 0 Å². The maximum absolute atomic E-state index is 12.4.